The van der Waals surface area contributed by atoms with Gasteiger partial charge in [-0.2, -0.15) is 5.70 Å². The van der Waals surface area contributed by atoms with Crippen LogP contribution in [0.3, 0.4) is 0 Å². The van der Waals surface area contributed by atoms with Gasteiger partial charge in [0.2, 0.25) is 0 Å². The Morgan fingerprint density at radius 3 is 2.42 bits per heavy atom. The number of hydrogen-bond donors (Lipinski definition) is 1. The number of carbonyl (C=O) groups is 2. The van der Waals surface area contributed by atoms with E-state index in [0.29, 0.717) is 34.0 Å². The SMILES string of the molecule is C=C[C@@H]1C(C)=C2/C=C3\[N-]C(=C(CCC(=O)OC/C=C(/C)CCC)[C@@H]3C)C3=c4[n-]/c(c(C)c4[C@@H](O)[C@@H]3C(=O)OC)=C\c3[n-]c(c(C)c3CC)/C=C/1[N-]2.[Mg+2]. The number of esters is 2. The van der Waals surface area contributed by atoms with Gasteiger partial charge < -0.3 is 35.2 Å². The van der Waals surface area contributed by atoms with Gasteiger partial charge in [-0.05, 0) is 64.5 Å². The number of aliphatic hydroxyl groups is 1. The number of hydrogen-bond acceptors (Lipinski definition) is 5. The molecule has 4 aliphatic rings. The first-order chi connectivity index (χ1) is 24.4. The van der Waals surface area contributed by atoms with Crippen LogP contribution in [0.5, 0.6) is 0 Å². The molecule has 6 rings (SSSR count). The molecule has 2 aromatic rings. The van der Waals surface area contributed by atoms with E-state index in [1.54, 1.807) is 0 Å². The van der Waals surface area contributed by atoms with E-state index in [4.69, 9.17) is 30.1 Å². The van der Waals surface area contributed by atoms with Crippen molar-refractivity contribution in [2.75, 3.05) is 13.7 Å². The zero-order chi connectivity index (χ0) is 36.7. The summed E-state index contributed by atoms with van der Waals surface area (Å²) < 4.78 is 10.9. The van der Waals surface area contributed by atoms with Crippen LogP contribution in [0.25, 0.3) is 28.4 Å². The molecule has 8 bridgehead atoms. The molecule has 4 atom stereocenters. The first-order valence-corrected chi connectivity index (χ1v) is 18.0. The van der Waals surface area contributed by atoms with Crippen molar-refractivity contribution in [3.8, 4) is 0 Å². The molecular formula is C42H48MgN4O5-2. The molecule has 0 spiro atoms. The van der Waals surface area contributed by atoms with E-state index in [1.165, 1.54) is 12.7 Å². The molecule has 52 heavy (non-hydrogen) atoms. The zero-order valence-corrected chi connectivity index (χ0v) is 33.1. The van der Waals surface area contributed by atoms with E-state index in [1.807, 2.05) is 45.1 Å². The summed E-state index contributed by atoms with van der Waals surface area (Å²) in [6, 6.07) is 0. The third kappa shape index (κ3) is 6.92. The fourth-order valence-corrected chi connectivity index (χ4v) is 7.87. The van der Waals surface area contributed by atoms with Crippen molar-refractivity contribution in [2.24, 2.45) is 17.8 Å². The molecule has 3 aliphatic heterocycles. The van der Waals surface area contributed by atoms with Gasteiger partial charge in [-0.15, -0.1) is 45.8 Å². The van der Waals surface area contributed by atoms with E-state index in [0.717, 1.165) is 75.6 Å². The Balaban J connectivity index is 0.00000523. The van der Waals surface area contributed by atoms with E-state index in [-0.39, 0.29) is 53.9 Å². The number of carbonyl (C=O) groups excluding carboxylic acids is 2. The van der Waals surface area contributed by atoms with Crippen molar-refractivity contribution in [3.63, 3.8) is 0 Å². The standard InChI is InChI=1S/C42H48N4O5.Mg/c1-10-13-21(4)16-17-51-35(47)15-14-28-24(7)31-18-29-22(5)26(11-2)33(43-29)19-30-23(6)27(12-3)34(44-30)20-32-25(8)36-40(46-32)37(39(28)45-31)38(41(36)48)42(49)50-9;/h11,16,18-20,24,26,38,41,48H,2,10,12-15,17H2,1,3-9H3;/q-4;+2/b21-16-,31-18-,32-20-,33-19-;/t24-,26+,38+,41+;/m0./s1. The van der Waals surface area contributed by atoms with Crippen LogP contribution in [0.4, 0.5) is 0 Å². The minimum Gasteiger partial charge on any atom is -0.661 e. The summed E-state index contributed by atoms with van der Waals surface area (Å²) in [7, 11) is 1.32. The summed E-state index contributed by atoms with van der Waals surface area (Å²) in [6.45, 7) is 18.7. The van der Waals surface area contributed by atoms with Crippen LogP contribution in [0.15, 0.2) is 64.3 Å². The first kappa shape index (κ1) is 39.2. The second-order valence-corrected chi connectivity index (χ2v) is 14.0. The Labute approximate surface area is 322 Å². The summed E-state index contributed by atoms with van der Waals surface area (Å²) in [5.41, 5.74) is 11.8. The van der Waals surface area contributed by atoms with Crippen molar-refractivity contribution in [1.29, 1.82) is 0 Å². The predicted octanol–water partition coefficient (Wildman–Crippen LogP) is 6.26. The maximum atomic E-state index is 13.5. The maximum absolute atomic E-state index is 13.5. The molecule has 2 aromatic heterocycles. The van der Waals surface area contributed by atoms with Crippen LogP contribution in [-0.4, -0.2) is 53.8 Å². The largest absolute Gasteiger partial charge is 2.00 e. The first-order valence-electron chi connectivity index (χ1n) is 18.0. The van der Waals surface area contributed by atoms with Crippen molar-refractivity contribution in [1.82, 2.24) is 9.97 Å². The monoisotopic (exact) mass is 712 g/mol. The molecule has 10 heteroatoms. The van der Waals surface area contributed by atoms with E-state index in [9.17, 15) is 14.7 Å². The van der Waals surface area contributed by atoms with Crippen molar-refractivity contribution in [2.45, 2.75) is 86.7 Å². The molecule has 1 aliphatic carbocycles. The number of ether oxygens (including phenoxy) is 2. The summed E-state index contributed by atoms with van der Waals surface area (Å²) in [6.07, 6.45) is 11.9. The number of nitrogens with zero attached hydrogens (tertiary/aromatic N) is 4. The topological polar surface area (TPSA) is 129 Å². The van der Waals surface area contributed by atoms with Crippen molar-refractivity contribution in [3.05, 3.63) is 119 Å². The van der Waals surface area contributed by atoms with Crippen LogP contribution in [0, 0.1) is 31.6 Å². The van der Waals surface area contributed by atoms with Gasteiger partial charge in [-0.25, -0.2) is 0 Å². The quantitative estimate of drug-likeness (QED) is 0.175. The zero-order valence-electron chi connectivity index (χ0n) is 31.7. The summed E-state index contributed by atoms with van der Waals surface area (Å²) in [5, 5.41) is 23.3. The molecule has 0 amide bonds. The molecule has 9 nitrogen and oxygen atoms in total. The van der Waals surface area contributed by atoms with Crippen LogP contribution in [0.1, 0.15) is 100 Å². The van der Waals surface area contributed by atoms with Gasteiger partial charge in [0, 0.05) is 12.3 Å². The van der Waals surface area contributed by atoms with Gasteiger partial charge in [-0.1, -0.05) is 90.5 Å². The minimum atomic E-state index is -1.18. The van der Waals surface area contributed by atoms with Gasteiger partial charge in [-0.3, -0.25) is 9.59 Å². The summed E-state index contributed by atoms with van der Waals surface area (Å²) in [5.74, 6) is -2.24. The number of rotatable bonds is 10. The Bertz CT molecular complexity index is 2090. The number of methoxy groups -OCH3 is 1. The third-order valence-corrected chi connectivity index (χ3v) is 10.9. The Morgan fingerprint density at radius 1 is 1.00 bits per heavy atom. The number of aliphatic hydroxyl groups excluding tert-OH is 1. The fourth-order valence-electron chi connectivity index (χ4n) is 7.87. The Kier molecular flexibility index (Phi) is 12.0. The molecule has 0 unspecified atom stereocenters. The normalized spacial score (nSPS) is 24.6. The molecule has 5 heterocycles. The predicted molar refractivity (Wildman–Crippen MR) is 205 cm³/mol. The van der Waals surface area contributed by atoms with E-state index < -0.39 is 18.0 Å². The van der Waals surface area contributed by atoms with Crippen LogP contribution in [-0.2, 0) is 25.5 Å². The molecule has 270 valence electrons. The smallest absolute Gasteiger partial charge is 0.661 e. The maximum Gasteiger partial charge on any atom is 2.00 e. The molecule has 0 saturated heterocycles. The summed E-state index contributed by atoms with van der Waals surface area (Å²) in [4.78, 5) is 36.7. The van der Waals surface area contributed by atoms with Gasteiger partial charge in [0.25, 0.3) is 0 Å². The van der Waals surface area contributed by atoms with Crippen molar-refractivity contribution >= 4 is 52.7 Å². The van der Waals surface area contributed by atoms with E-state index >= 15 is 0 Å². The Hall–Kier alpha value is -3.99. The van der Waals surface area contributed by atoms with Gasteiger partial charge in [0.05, 0.1) is 13.2 Å². The fraction of sp³-hybridized carbons (Fsp3) is 0.429. The van der Waals surface area contributed by atoms with Crippen LogP contribution in [0.2, 0.25) is 0 Å². The average Bonchev–Trinajstić information content (AvgIpc) is 3.84. The molecule has 1 N–H and O–H groups in total. The molecule has 0 aromatic carbocycles. The minimum absolute atomic E-state index is 0. The van der Waals surface area contributed by atoms with Crippen molar-refractivity contribution < 1.29 is 24.2 Å². The Morgan fingerprint density at radius 2 is 1.75 bits per heavy atom. The molecular weight excluding hydrogens is 665 g/mol. The van der Waals surface area contributed by atoms with Crippen LogP contribution >= 0.6 is 0 Å². The van der Waals surface area contributed by atoms with Crippen LogP contribution < -0.4 is 20.7 Å². The second-order valence-electron chi connectivity index (χ2n) is 14.0. The summed E-state index contributed by atoms with van der Waals surface area (Å²) >= 11 is 0. The third-order valence-electron chi connectivity index (χ3n) is 10.9. The number of allylic oxidation sites excluding steroid dienone is 5. The number of fused-ring (bicyclic) bond motifs is 8. The molecule has 0 fully saturated rings. The van der Waals surface area contributed by atoms with E-state index in [2.05, 4.69) is 40.3 Å². The van der Waals surface area contributed by atoms with Gasteiger partial charge in [0.15, 0.2) is 0 Å². The molecule has 0 radical (unpaired) electrons. The molecule has 0 saturated carbocycles. The van der Waals surface area contributed by atoms with Gasteiger partial charge in [0.1, 0.15) is 12.5 Å². The average molecular weight is 713 g/mol. The number of aromatic nitrogens is 2. The second kappa shape index (κ2) is 15.9. The van der Waals surface area contributed by atoms with Gasteiger partial charge >= 0.3 is 35.0 Å².